The molecule has 0 fully saturated rings. The van der Waals surface area contributed by atoms with Crippen LogP contribution in [0.1, 0.15) is 25.8 Å². The van der Waals surface area contributed by atoms with E-state index in [1.54, 1.807) is 19.2 Å². The lowest BCUT2D eigenvalue weighted by molar-refractivity contribution is -0.138. The van der Waals surface area contributed by atoms with Crippen LogP contribution in [0, 0.1) is 18.3 Å². The lowest BCUT2D eigenvalue weighted by Crippen LogP contribution is -2.26. The van der Waals surface area contributed by atoms with Crippen LogP contribution in [0.3, 0.4) is 0 Å². The van der Waals surface area contributed by atoms with Gasteiger partial charge in [-0.25, -0.2) is 9.78 Å². The van der Waals surface area contributed by atoms with E-state index in [9.17, 15) is 10.1 Å². The third-order valence-corrected chi connectivity index (χ3v) is 3.04. The van der Waals surface area contributed by atoms with Crippen molar-refractivity contribution in [3.05, 3.63) is 34.4 Å². The molecule has 0 radical (unpaired) electrons. The van der Waals surface area contributed by atoms with E-state index < -0.39 is 5.97 Å². The topological polar surface area (TPSA) is 87.0 Å². The highest BCUT2D eigenvalue weighted by Gasteiger charge is 2.18. The fourth-order valence-electron chi connectivity index (χ4n) is 1.65. The molecule has 0 aliphatic rings. The normalized spacial score (nSPS) is 11.2. The zero-order valence-electron chi connectivity index (χ0n) is 12.9. The van der Waals surface area contributed by atoms with Gasteiger partial charge in [-0.1, -0.05) is 18.5 Å². The van der Waals surface area contributed by atoms with E-state index in [0.717, 1.165) is 12.0 Å². The van der Waals surface area contributed by atoms with Gasteiger partial charge in [-0.3, -0.25) is 0 Å². The molecule has 118 valence electrons. The Balaban J connectivity index is 3.22. The molecule has 1 rings (SSSR count). The molecule has 1 aromatic rings. The highest BCUT2D eigenvalue weighted by Crippen LogP contribution is 2.24. The number of rotatable bonds is 7. The minimum atomic E-state index is -0.686. The van der Waals surface area contributed by atoms with Gasteiger partial charge >= 0.3 is 5.97 Å². The van der Waals surface area contributed by atoms with Crippen molar-refractivity contribution >= 4 is 23.3 Å². The van der Waals surface area contributed by atoms with Crippen LogP contribution in [0.15, 0.2) is 23.7 Å². The first kappa shape index (κ1) is 17.8. The maximum Gasteiger partial charge on any atom is 0.352 e. The molecule has 0 aliphatic carbocycles. The number of hydrogen-bond donors (Lipinski definition) is 2. The number of nitriles is 1. The third kappa shape index (κ3) is 4.64. The highest BCUT2D eigenvalue weighted by atomic mass is 35.5. The molecule has 1 heterocycles. The third-order valence-electron chi connectivity index (χ3n) is 2.76. The van der Waals surface area contributed by atoms with E-state index in [-0.39, 0.29) is 23.2 Å². The predicted octanol–water partition coefficient (Wildman–Crippen LogP) is 2.75. The van der Waals surface area contributed by atoms with Gasteiger partial charge in [0.25, 0.3) is 0 Å². The Hall–Kier alpha value is -2.26. The van der Waals surface area contributed by atoms with Crippen molar-refractivity contribution in [2.75, 3.05) is 18.5 Å². The molecule has 7 heteroatoms. The van der Waals surface area contributed by atoms with Crippen LogP contribution in [0.5, 0.6) is 0 Å². The molecular weight excluding hydrogens is 304 g/mol. The number of esters is 1. The summed E-state index contributed by atoms with van der Waals surface area (Å²) in [6.07, 6.45) is 2.41. The van der Waals surface area contributed by atoms with Gasteiger partial charge in [-0.05, 0) is 31.9 Å². The summed E-state index contributed by atoms with van der Waals surface area (Å²) in [5.41, 5.74) is 1.26. The van der Waals surface area contributed by atoms with Crippen molar-refractivity contribution in [2.24, 2.45) is 0 Å². The average Bonchev–Trinajstić information content (AvgIpc) is 2.48. The maximum atomic E-state index is 11.9. The Morgan fingerprint density at radius 2 is 2.23 bits per heavy atom. The summed E-state index contributed by atoms with van der Waals surface area (Å²) in [7, 11) is 0. The largest absolute Gasteiger partial charge is 0.462 e. The summed E-state index contributed by atoms with van der Waals surface area (Å²) in [5, 5.41) is 15.5. The van der Waals surface area contributed by atoms with Crippen molar-refractivity contribution in [2.45, 2.75) is 27.2 Å². The zero-order valence-corrected chi connectivity index (χ0v) is 13.6. The molecule has 0 atom stereocenters. The molecule has 0 unspecified atom stereocenters. The number of carbonyl (C=O) groups excluding carboxylic acids is 1. The summed E-state index contributed by atoms with van der Waals surface area (Å²) >= 11 is 6.07. The highest BCUT2D eigenvalue weighted by molar-refractivity contribution is 6.32. The Morgan fingerprint density at radius 1 is 1.50 bits per heavy atom. The number of halogens is 1. The standard InChI is InChI=1S/C15H19ClN4O2/c1-4-7-19-14(11(9-17)15(21)22-5-2)20-12-10(3)6-8-18-13(12)16/h6,8,19-20H,4-5,7H2,1-3H3/b14-11-. The molecule has 1 aromatic heterocycles. The summed E-state index contributed by atoms with van der Waals surface area (Å²) in [6.45, 7) is 6.29. The molecule has 0 aliphatic heterocycles. The van der Waals surface area contributed by atoms with Gasteiger partial charge in [0.2, 0.25) is 0 Å². The predicted molar refractivity (Wildman–Crippen MR) is 85.2 cm³/mol. The molecule has 0 amide bonds. The van der Waals surface area contributed by atoms with Crippen LogP contribution in [0.25, 0.3) is 0 Å². The van der Waals surface area contributed by atoms with E-state index in [0.29, 0.717) is 12.2 Å². The molecule has 0 saturated heterocycles. The smallest absolute Gasteiger partial charge is 0.352 e. The van der Waals surface area contributed by atoms with Crippen LogP contribution in [-0.4, -0.2) is 24.1 Å². The second-order valence-electron chi connectivity index (χ2n) is 4.43. The van der Waals surface area contributed by atoms with E-state index in [1.807, 2.05) is 19.9 Å². The summed E-state index contributed by atoms with van der Waals surface area (Å²) < 4.78 is 4.91. The Labute approximate surface area is 135 Å². The molecule has 0 aromatic carbocycles. The summed E-state index contributed by atoms with van der Waals surface area (Å²) in [5.74, 6) is -0.422. The van der Waals surface area contributed by atoms with Crippen molar-refractivity contribution in [1.29, 1.82) is 5.26 Å². The summed E-state index contributed by atoms with van der Waals surface area (Å²) in [4.78, 5) is 15.9. The number of pyridine rings is 1. The second-order valence-corrected chi connectivity index (χ2v) is 4.79. The number of hydrogen-bond acceptors (Lipinski definition) is 6. The average molecular weight is 323 g/mol. The van der Waals surface area contributed by atoms with Gasteiger partial charge in [0.15, 0.2) is 10.7 Å². The van der Waals surface area contributed by atoms with Gasteiger partial charge in [0.1, 0.15) is 11.9 Å². The number of anilines is 1. The lowest BCUT2D eigenvalue weighted by atomic mass is 10.2. The molecule has 22 heavy (non-hydrogen) atoms. The maximum absolute atomic E-state index is 11.9. The Bertz CT molecular complexity index is 588. The fourth-order valence-corrected chi connectivity index (χ4v) is 1.90. The SMILES string of the molecule is CCCN/C(Nc1c(C)ccnc1Cl)=C(\C#N)C(=O)OCC. The fraction of sp³-hybridized carbons (Fsp3) is 0.400. The van der Waals surface area contributed by atoms with Crippen molar-refractivity contribution in [3.63, 3.8) is 0 Å². The van der Waals surface area contributed by atoms with E-state index in [4.69, 9.17) is 16.3 Å². The number of ether oxygens (including phenoxy) is 1. The number of nitrogens with one attached hydrogen (secondary N) is 2. The Kier molecular flexibility index (Phi) is 7.20. The monoisotopic (exact) mass is 322 g/mol. The quantitative estimate of drug-likeness (QED) is 0.347. The molecule has 2 N–H and O–H groups in total. The molecular formula is C15H19ClN4O2. The zero-order chi connectivity index (χ0) is 16.5. The number of nitrogens with zero attached hydrogens (tertiary/aromatic N) is 2. The molecule has 0 spiro atoms. The first-order chi connectivity index (χ1) is 10.5. The van der Waals surface area contributed by atoms with E-state index in [2.05, 4.69) is 15.6 Å². The van der Waals surface area contributed by atoms with Gasteiger partial charge in [0, 0.05) is 12.7 Å². The van der Waals surface area contributed by atoms with Gasteiger partial charge in [-0.15, -0.1) is 0 Å². The van der Waals surface area contributed by atoms with Crippen LogP contribution in [0.2, 0.25) is 5.15 Å². The Morgan fingerprint density at radius 3 is 2.77 bits per heavy atom. The lowest BCUT2D eigenvalue weighted by Gasteiger charge is -2.17. The number of aryl methyl sites for hydroxylation is 1. The van der Waals surface area contributed by atoms with Crippen LogP contribution < -0.4 is 10.6 Å². The number of aromatic nitrogens is 1. The van der Waals surface area contributed by atoms with E-state index in [1.165, 1.54) is 0 Å². The second kappa shape index (κ2) is 8.90. The van der Waals surface area contributed by atoms with Crippen LogP contribution in [-0.2, 0) is 9.53 Å². The minimum absolute atomic E-state index is 0.130. The minimum Gasteiger partial charge on any atom is -0.462 e. The molecule has 0 saturated carbocycles. The van der Waals surface area contributed by atoms with Crippen molar-refractivity contribution in [1.82, 2.24) is 10.3 Å². The first-order valence-corrected chi connectivity index (χ1v) is 7.36. The molecule has 0 bridgehead atoms. The number of carbonyl (C=O) groups is 1. The first-order valence-electron chi connectivity index (χ1n) is 6.98. The van der Waals surface area contributed by atoms with Gasteiger partial charge < -0.3 is 15.4 Å². The van der Waals surface area contributed by atoms with Crippen LogP contribution in [0.4, 0.5) is 5.69 Å². The van der Waals surface area contributed by atoms with Gasteiger partial charge in [0.05, 0.1) is 12.3 Å². The van der Waals surface area contributed by atoms with Crippen molar-refractivity contribution < 1.29 is 9.53 Å². The van der Waals surface area contributed by atoms with E-state index >= 15 is 0 Å². The van der Waals surface area contributed by atoms with Crippen molar-refractivity contribution in [3.8, 4) is 6.07 Å². The molecule has 6 nitrogen and oxygen atoms in total. The van der Waals surface area contributed by atoms with Gasteiger partial charge in [-0.2, -0.15) is 5.26 Å². The summed E-state index contributed by atoms with van der Waals surface area (Å²) in [6, 6.07) is 3.65. The van der Waals surface area contributed by atoms with Crippen LogP contribution >= 0.6 is 11.6 Å².